The molecular weight excluding hydrogens is 237 g/mol. The molecule has 1 rings (SSSR count). The second-order valence-electron chi connectivity index (χ2n) is 4.07. The molecule has 2 nitrogen and oxygen atoms in total. The Hall–Kier alpha value is -1.03. The molecule has 1 aromatic carbocycles. The average Bonchev–Trinajstić information content (AvgIpc) is 2.31. The predicted octanol–water partition coefficient (Wildman–Crippen LogP) is 3.01. The number of halogens is 1. The van der Waals surface area contributed by atoms with Gasteiger partial charge in [0.25, 0.3) is 5.91 Å². The Balaban J connectivity index is 2.55. The van der Waals surface area contributed by atoms with E-state index in [0.29, 0.717) is 11.8 Å². The second kappa shape index (κ2) is 6.64. The van der Waals surface area contributed by atoms with Crippen LogP contribution in [0.5, 0.6) is 0 Å². The van der Waals surface area contributed by atoms with Gasteiger partial charge < -0.3 is 5.32 Å². The Morgan fingerprint density at radius 2 is 2.24 bits per heavy atom. The monoisotopic (exact) mass is 255 g/mol. The van der Waals surface area contributed by atoms with Gasteiger partial charge in [0.05, 0.1) is 5.56 Å². The molecule has 4 heteroatoms. The van der Waals surface area contributed by atoms with Crippen LogP contribution < -0.4 is 5.32 Å². The summed E-state index contributed by atoms with van der Waals surface area (Å²) >= 11 is 1.75. The first kappa shape index (κ1) is 14.0. The van der Waals surface area contributed by atoms with Crippen molar-refractivity contribution in [2.24, 2.45) is 0 Å². The van der Waals surface area contributed by atoms with Gasteiger partial charge in [0.15, 0.2) is 0 Å². The highest BCUT2D eigenvalue weighted by Crippen LogP contribution is 2.11. The van der Waals surface area contributed by atoms with E-state index in [0.717, 1.165) is 12.0 Å². The SMILES string of the molecule is CSC(C)CCNC(=O)c1cc(C)ccc1F. The highest BCUT2D eigenvalue weighted by Gasteiger charge is 2.11. The highest BCUT2D eigenvalue weighted by molar-refractivity contribution is 7.99. The largest absolute Gasteiger partial charge is 0.352 e. The molecule has 0 bridgehead atoms. The number of rotatable bonds is 5. The van der Waals surface area contributed by atoms with Gasteiger partial charge >= 0.3 is 0 Å². The summed E-state index contributed by atoms with van der Waals surface area (Å²) < 4.78 is 13.4. The Kier molecular flexibility index (Phi) is 5.48. The third kappa shape index (κ3) is 4.38. The predicted molar refractivity (Wildman–Crippen MR) is 71.1 cm³/mol. The van der Waals surface area contributed by atoms with Crippen molar-refractivity contribution in [3.63, 3.8) is 0 Å². The van der Waals surface area contributed by atoms with Gasteiger partial charge in [-0.15, -0.1) is 0 Å². The van der Waals surface area contributed by atoms with Crippen LogP contribution in [0.3, 0.4) is 0 Å². The number of nitrogens with one attached hydrogen (secondary N) is 1. The van der Waals surface area contributed by atoms with Crippen LogP contribution >= 0.6 is 11.8 Å². The molecular formula is C13H18FNOS. The standard InChI is InChI=1S/C13H18FNOS/c1-9-4-5-12(14)11(8-9)13(16)15-7-6-10(2)17-3/h4-5,8,10H,6-7H2,1-3H3,(H,15,16). The van der Waals surface area contributed by atoms with E-state index in [1.165, 1.54) is 6.07 Å². The van der Waals surface area contributed by atoms with Gasteiger partial charge in [-0.05, 0) is 31.7 Å². The molecule has 0 radical (unpaired) electrons. The second-order valence-corrected chi connectivity index (χ2v) is 5.35. The van der Waals surface area contributed by atoms with E-state index in [1.807, 2.05) is 13.2 Å². The smallest absolute Gasteiger partial charge is 0.254 e. The van der Waals surface area contributed by atoms with Crippen molar-refractivity contribution in [3.8, 4) is 0 Å². The molecule has 17 heavy (non-hydrogen) atoms. The lowest BCUT2D eigenvalue weighted by Gasteiger charge is -2.10. The van der Waals surface area contributed by atoms with E-state index < -0.39 is 5.82 Å². The van der Waals surface area contributed by atoms with E-state index in [1.54, 1.807) is 23.9 Å². The van der Waals surface area contributed by atoms with Gasteiger partial charge in [-0.2, -0.15) is 11.8 Å². The van der Waals surface area contributed by atoms with Crippen LogP contribution in [-0.2, 0) is 0 Å². The van der Waals surface area contributed by atoms with Crippen LogP contribution in [0.4, 0.5) is 4.39 Å². The number of hydrogen-bond donors (Lipinski definition) is 1. The number of amides is 1. The fraction of sp³-hybridized carbons (Fsp3) is 0.462. The van der Waals surface area contributed by atoms with Crippen molar-refractivity contribution in [1.29, 1.82) is 0 Å². The summed E-state index contributed by atoms with van der Waals surface area (Å²) in [6.07, 6.45) is 2.92. The van der Waals surface area contributed by atoms with E-state index in [-0.39, 0.29) is 11.5 Å². The normalized spacial score (nSPS) is 12.2. The lowest BCUT2D eigenvalue weighted by atomic mass is 10.1. The Morgan fingerprint density at radius 1 is 1.53 bits per heavy atom. The summed E-state index contributed by atoms with van der Waals surface area (Å²) in [6, 6.07) is 4.55. The molecule has 1 unspecified atom stereocenters. The summed E-state index contributed by atoms with van der Waals surface area (Å²) in [4.78, 5) is 11.7. The van der Waals surface area contributed by atoms with Crippen molar-refractivity contribution in [3.05, 3.63) is 35.1 Å². The summed E-state index contributed by atoms with van der Waals surface area (Å²) in [7, 11) is 0. The van der Waals surface area contributed by atoms with Crippen LogP contribution in [0.2, 0.25) is 0 Å². The number of thioether (sulfide) groups is 1. The lowest BCUT2D eigenvalue weighted by Crippen LogP contribution is -2.26. The van der Waals surface area contributed by atoms with Gasteiger partial charge in [-0.3, -0.25) is 4.79 Å². The molecule has 0 aliphatic rings. The van der Waals surface area contributed by atoms with E-state index in [2.05, 4.69) is 12.2 Å². The molecule has 0 heterocycles. The van der Waals surface area contributed by atoms with Gasteiger partial charge in [0, 0.05) is 11.8 Å². The zero-order chi connectivity index (χ0) is 12.8. The average molecular weight is 255 g/mol. The van der Waals surface area contributed by atoms with E-state index in [4.69, 9.17) is 0 Å². The zero-order valence-electron chi connectivity index (χ0n) is 10.4. The first-order chi connectivity index (χ1) is 8.04. The van der Waals surface area contributed by atoms with Crippen molar-refractivity contribution in [2.45, 2.75) is 25.5 Å². The van der Waals surface area contributed by atoms with Gasteiger partial charge in [-0.25, -0.2) is 4.39 Å². The van der Waals surface area contributed by atoms with Crippen molar-refractivity contribution in [1.82, 2.24) is 5.32 Å². The van der Waals surface area contributed by atoms with Gasteiger partial charge in [-0.1, -0.05) is 18.6 Å². The summed E-state index contributed by atoms with van der Waals surface area (Å²) in [6.45, 7) is 4.52. The number of aryl methyl sites for hydroxylation is 1. The maximum absolute atomic E-state index is 13.4. The fourth-order valence-electron chi connectivity index (χ4n) is 1.42. The quantitative estimate of drug-likeness (QED) is 0.876. The Bertz CT molecular complexity index is 395. The third-order valence-corrected chi connectivity index (χ3v) is 3.65. The third-order valence-electron chi connectivity index (χ3n) is 2.61. The molecule has 1 atom stereocenters. The van der Waals surface area contributed by atoms with Crippen LogP contribution in [0.15, 0.2) is 18.2 Å². The molecule has 1 N–H and O–H groups in total. The first-order valence-corrected chi connectivity index (χ1v) is 6.90. The molecule has 0 saturated heterocycles. The molecule has 0 aliphatic heterocycles. The number of benzene rings is 1. The highest BCUT2D eigenvalue weighted by atomic mass is 32.2. The maximum atomic E-state index is 13.4. The number of carbonyl (C=O) groups excluding carboxylic acids is 1. The van der Waals surface area contributed by atoms with Crippen LogP contribution in [0.25, 0.3) is 0 Å². The minimum absolute atomic E-state index is 0.127. The number of carbonyl (C=O) groups is 1. The zero-order valence-corrected chi connectivity index (χ0v) is 11.2. The van der Waals surface area contributed by atoms with Crippen LogP contribution in [0.1, 0.15) is 29.3 Å². The van der Waals surface area contributed by atoms with Crippen molar-refractivity contribution < 1.29 is 9.18 Å². The van der Waals surface area contributed by atoms with Gasteiger partial charge in [0.1, 0.15) is 5.82 Å². The first-order valence-electron chi connectivity index (χ1n) is 5.61. The van der Waals surface area contributed by atoms with E-state index in [9.17, 15) is 9.18 Å². The molecule has 1 amide bonds. The molecule has 0 spiro atoms. The minimum atomic E-state index is -0.467. The fourth-order valence-corrected chi connectivity index (χ4v) is 1.77. The van der Waals surface area contributed by atoms with Crippen LogP contribution in [0, 0.1) is 12.7 Å². The van der Waals surface area contributed by atoms with Crippen LogP contribution in [-0.4, -0.2) is 24.0 Å². The Labute approximate surface area is 106 Å². The molecule has 0 aromatic heterocycles. The minimum Gasteiger partial charge on any atom is -0.352 e. The topological polar surface area (TPSA) is 29.1 Å². The molecule has 94 valence electrons. The van der Waals surface area contributed by atoms with Crippen molar-refractivity contribution >= 4 is 17.7 Å². The Morgan fingerprint density at radius 3 is 2.88 bits per heavy atom. The van der Waals surface area contributed by atoms with Crippen molar-refractivity contribution in [2.75, 3.05) is 12.8 Å². The lowest BCUT2D eigenvalue weighted by molar-refractivity contribution is 0.0949. The van der Waals surface area contributed by atoms with E-state index >= 15 is 0 Å². The summed E-state index contributed by atoms with van der Waals surface area (Å²) in [5.74, 6) is -0.800. The molecule has 0 aliphatic carbocycles. The molecule has 0 fully saturated rings. The molecule has 1 aromatic rings. The van der Waals surface area contributed by atoms with Gasteiger partial charge in [0.2, 0.25) is 0 Å². The number of hydrogen-bond acceptors (Lipinski definition) is 2. The summed E-state index contributed by atoms with van der Waals surface area (Å²) in [5.41, 5.74) is 1.01. The molecule has 0 saturated carbocycles. The summed E-state index contributed by atoms with van der Waals surface area (Å²) in [5, 5.41) is 3.24. The maximum Gasteiger partial charge on any atom is 0.254 e.